The van der Waals surface area contributed by atoms with E-state index in [2.05, 4.69) is 112 Å². The molecule has 0 bridgehead atoms. The van der Waals surface area contributed by atoms with Gasteiger partial charge in [-0.3, -0.25) is 0 Å². The number of hydrogen-bond acceptors (Lipinski definition) is 2. The standard InChI is InChI=1S/C45H76O2/c1-36(2)18-11-19-37(3)20-12-25-41(7)30-17-31-44(10)45(47)33-32-42(8)28-15-26-39(5)23-13-21-38(4)22-14-24-40(6)27-16-29-43(9)34-35-46/h18,20,22-23,27-28,30,34,44-47H,11-17,19,21,24-26,29,31-33,35H2,1-10H3/b37-20+,38-22+,39-23+,40-27+,41-30+,42-28+,43-34+. The first-order chi connectivity index (χ1) is 22.3. The molecule has 0 aliphatic carbocycles. The van der Waals surface area contributed by atoms with E-state index in [-0.39, 0.29) is 12.7 Å². The second kappa shape index (κ2) is 28.8. The lowest BCUT2D eigenvalue weighted by Gasteiger charge is -2.18. The smallest absolute Gasteiger partial charge is 0.0614 e. The van der Waals surface area contributed by atoms with Gasteiger partial charge in [-0.15, -0.1) is 0 Å². The average molecular weight is 649 g/mol. The van der Waals surface area contributed by atoms with Crippen molar-refractivity contribution in [3.8, 4) is 0 Å². The molecule has 0 aromatic rings. The Kier molecular flexibility index (Phi) is 27.5. The van der Waals surface area contributed by atoms with Crippen LogP contribution in [-0.4, -0.2) is 22.9 Å². The Morgan fingerprint density at radius 2 is 0.702 bits per heavy atom. The molecule has 0 heterocycles. The summed E-state index contributed by atoms with van der Waals surface area (Å²) in [6.45, 7) is 22.3. The van der Waals surface area contributed by atoms with Crippen molar-refractivity contribution in [1.29, 1.82) is 0 Å². The molecule has 47 heavy (non-hydrogen) atoms. The summed E-state index contributed by atoms with van der Waals surface area (Å²) in [6.07, 6.45) is 35.7. The number of allylic oxidation sites excluding steroid dienone is 15. The first-order valence-corrected chi connectivity index (χ1v) is 18.9. The second-order valence-corrected chi connectivity index (χ2v) is 14.7. The van der Waals surface area contributed by atoms with Gasteiger partial charge in [-0.1, -0.05) is 100 Å². The van der Waals surface area contributed by atoms with Crippen LogP contribution in [0.3, 0.4) is 0 Å². The van der Waals surface area contributed by atoms with Gasteiger partial charge in [0.05, 0.1) is 12.7 Å². The van der Waals surface area contributed by atoms with Gasteiger partial charge in [0.15, 0.2) is 0 Å². The maximum Gasteiger partial charge on any atom is 0.0614 e. The van der Waals surface area contributed by atoms with E-state index in [1.807, 2.05) is 6.08 Å². The molecule has 0 fully saturated rings. The Balaban J connectivity index is 4.25. The predicted octanol–water partition coefficient (Wildman–Crippen LogP) is 13.8. The first-order valence-electron chi connectivity index (χ1n) is 18.9. The third-order valence-corrected chi connectivity index (χ3v) is 9.29. The fraction of sp³-hybridized carbons (Fsp3) is 0.644. The van der Waals surface area contributed by atoms with Gasteiger partial charge in [-0.25, -0.2) is 0 Å². The minimum absolute atomic E-state index is 0.144. The van der Waals surface area contributed by atoms with Gasteiger partial charge in [0.1, 0.15) is 0 Å². The molecule has 0 saturated heterocycles. The number of aliphatic hydroxyl groups is 2. The summed E-state index contributed by atoms with van der Waals surface area (Å²) in [4.78, 5) is 0. The van der Waals surface area contributed by atoms with Gasteiger partial charge in [0, 0.05) is 0 Å². The molecule has 0 amide bonds. The molecule has 268 valence electrons. The van der Waals surface area contributed by atoms with Crippen molar-refractivity contribution in [2.45, 2.75) is 178 Å². The van der Waals surface area contributed by atoms with Crippen LogP contribution in [0.15, 0.2) is 93.2 Å². The van der Waals surface area contributed by atoms with E-state index in [4.69, 9.17) is 5.11 Å². The molecule has 0 saturated carbocycles. The van der Waals surface area contributed by atoms with Crippen LogP contribution in [0.25, 0.3) is 0 Å². The van der Waals surface area contributed by atoms with Gasteiger partial charge < -0.3 is 10.2 Å². The van der Waals surface area contributed by atoms with E-state index in [1.54, 1.807) is 0 Å². The van der Waals surface area contributed by atoms with Crippen LogP contribution in [0.4, 0.5) is 0 Å². The van der Waals surface area contributed by atoms with E-state index in [0.717, 1.165) is 96.3 Å². The summed E-state index contributed by atoms with van der Waals surface area (Å²) >= 11 is 0. The van der Waals surface area contributed by atoms with Crippen molar-refractivity contribution in [1.82, 2.24) is 0 Å². The zero-order valence-corrected chi connectivity index (χ0v) is 32.7. The fourth-order valence-electron chi connectivity index (χ4n) is 5.64. The molecule has 0 aliphatic rings. The van der Waals surface area contributed by atoms with Crippen molar-refractivity contribution in [3.63, 3.8) is 0 Å². The Hall–Kier alpha value is -2.16. The highest BCUT2D eigenvalue weighted by Crippen LogP contribution is 2.20. The zero-order valence-electron chi connectivity index (χ0n) is 32.7. The van der Waals surface area contributed by atoms with Crippen molar-refractivity contribution < 1.29 is 10.2 Å². The Morgan fingerprint density at radius 3 is 1.04 bits per heavy atom. The minimum Gasteiger partial charge on any atom is -0.393 e. The van der Waals surface area contributed by atoms with Crippen molar-refractivity contribution in [2.24, 2.45) is 5.92 Å². The lowest BCUT2D eigenvalue weighted by molar-refractivity contribution is 0.104. The second-order valence-electron chi connectivity index (χ2n) is 14.7. The van der Waals surface area contributed by atoms with Crippen LogP contribution in [-0.2, 0) is 0 Å². The molecule has 2 heteroatoms. The van der Waals surface area contributed by atoms with Gasteiger partial charge in [0.2, 0.25) is 0 Å². The molecular weight excluding hydrogens is 572 g/mol. The Bertz CT molecular complexity index is 1080. The van der Waals surface area contributed by atoms with Gasteiger partial charge in [0.25, 0.3) is 0 Å². The number of hydrogen-bond donors (Lipinski definition) is 2. The Labute approximate surface area is 293 Å². The number of rotatable bonds is 26. The maximum atomic E-state index is 10.8. The summed E-state index contributed by atoms with van der Waals surface area (Å²) in [5.74, 6) is 0.335. The molecule has 2 atom stereocenters. The van der Waals surface area contributed by atoms with E-state index in [0.29, 0.717) is 5.92 Å². The average Bonchev–Trinajstić information content (AvgIpc) is 2.99. The molecule has 2 unspecified atom stereocenters. The molecule has 0 aromatic carbocycles. The highest BCUT2D eigenvalue weighted by molar-refractivity contribution is 5.09. The minimum atomic E-state index is -0.222. The highest BCUT2D eigenvalue weighted by atomic mass is 16.3. The fourth-order valence-corrected chi connectivity index (χ4v) is 5.64. The lowest BCUT2D eigenvalue weighted by atomic mass is 9.93. The lowest BCUT2D eigenvalue weighted by Crippen LogP contribution is -2.17. The predicted molar refractivity (Wildman–Crippen MR) is 212 cm³/mol. The third kappa shape index (κ3) is 28.6. The zero-order chi connectivity index (χ0) is 35.5. The number of aliphatic hydroxyl groups excluding tert-OH is 2. The molecule has 2 nitrogen and oxygen atoms in total. The largest absolute Gasteiger partial charge is 0.393 e. The molecular formula is C45H76O2. The molecule has 0 rings (SSSR count). The van der Waals surface area contributed by atoms with E-state index in [1.165, 1.54) is 51.0 Å². The van der Waals surface area contributed by atoms with E-state index in [9.17, 15) is 5.11 Å². The maximum absolute atomic E-state index is 10.8. The van der Waals surface area contributed by atoms with Crippen molar-refractivity contribution in [2.75, 3.05) is 6.61 Å². The Morgan fingerprint density at radius 1 is 0.404 bits per heavy atom. The normalized spacial score (nSPS) is 15.7. The summed E-state index contributed by atoms with van der Waals surface area (Å²) < 4.78 is 0. The van der Waals surface area contributed by atoms with Gasteiger partial charge in [-0.05, 0) is 171 Å². The molecule has 0 spiro atoms. The first kappa shape index (κ1) is 44.8. The molecule has 2 N–H and O–H groups in total. The van der Waals surface area contributed by atoms with Crippen molar-refractivity contribution >= 4 is 0 Å². The van der Waals surface area contributed by atoms with Crippen molar-refractivity contribution in [3.05, 3.63) is 93.2 Å². The molecule has 0 aromatic heterocycles. The van der Waals surface area contributed by atoms with Gasteiger partial charge >= 0.3 is 0 Å². The van der Waals surface area contributed by atoms with E-state index < -0.39 is 0 Å². The van der Waals surface area contributed by atoms with Crippen LogP contribution in [0.5, 0.6) is 0 Å². The monoisotopic (exact) mass is 649 g/mol. The van der Waals surface area contributed by atoms with Crippen LogP contribution in [0, 0.1) is 5.92 Å². The third-order valence-electron chi connectivity index (χ3n) is 9.29. The van der Waals surface area contributed by atoms with Gasteiger partial charge in [-0.2, -0.15) is 0 Å². The van der Waals surface area contributed by atoms with Crippen LogP contribution < -0.4 is 0 Å². The summed E-state index contributed by atoms with van der Waals surface area (Å²) in [5, 5.41) is 19.7. The summed E-state index contributed by atoms with van der Waals surface area (Å²) in [7, 11) is 0. The quantitative estimate of drug-likeness (QED) is 0.0916. The van der Waals surface area contributed by atoms with Crippen LogP contribution in [0.2, 0.25) is 0 Å². The van der Waals surface area contributed by atoms with Crippen LogP contribution >= 0.6 is 0 Å². The van der Waals surface area contributed by atoms with Crippen LogP contribution in [0.1, 0.15) is 172 Å². The SMILES string of the molecule is CC(C)=CCC/C(C)=C/CC/C(C)=C/CCC(C)C(O)CC/C(C)=C/CC/C(C)=C/CC/C(C)=C/CC/C(C)=C/CC/C(C)=C/CO. The highest BCUT2D eigenvalue weighted by Gasteiger charge is 2.13. The molecule has 0 aliphatic heterocycles. The summed E-state index contributed by atoms with van der Waals surface area (Å²) in [6, 6.07) is 0. The van der Waals surface area contributed by atoms with E-state index >= 15 is 0 Å². The molecule has 0 radical (unpaired) electrons. The summed E-state index contributed by atoms with van der Waals surface area (Å²) in [5.41, 5.74) is 11.5. The topological polar surface area (TPSA) is 40.5 Å².